The van der Waals surface area contributed by atoms with Crippen molar-refractivity contribution in [3.8, 4) is 5.88 Å². The Kier molecular flexibility index (Phi) is 4.42. The molecule has 0 amide bonds. The van der Waals surface area contributed by atoms with Crippen molar-refractivity contribution < 1.29 is 13.2 Å². The van der Waals surface area contributed by atoms with Gasteiger partial charge in [-0.05, 0) is 46.6 Å². The standard InChI is InChI=1S/C14H14BrN3O3S/c15-13-4-2-7-17-14(13)21-11-5-8-18(10-11)22(19,20)12-3-1-6-16-9-12/h1-4,6-7,9,11H,5,8,10H2. The number of halogens is 1. The van der Waals surface area contributed by atoms with Gasteiger partial charge in [0, 0.05) is 25.1 Å². The summed E-state index contributed by atoms with van der Waals surface area (Å²) in [5, 5.41) is 0. The van der Waals surface area contributed by atoms with Gasteiger partial charge in [0.2, 0.25) is 15.9 Å². The summed E-state index contributed by atoms with van der Waals surface area (Å²) in [6.45, 7) is 0.729. The highest BCUT2D eigenvalue weighted by Gasteiger charge is 2.34. The molecule has 0 bridgehead atoms. The number of sulfonamides is 1. The minimum Gasteiger partial charge on any atom is -0.472 e. The zero-order valence-corrected chi connectivity index (χ0v) is 14.0. The summed E-state index contributed by atoms with van der Waals surface area (Å²) in [5.41, 5.74) is 0. The second-order valence-corrected chi connectivity index (χ2v) is 7.66. The van der Waals surface area contributed by atoms with E-state index in [-0.39, 0.29) is 11.0 Å². The lowest BCUT2D eigenvalue weighted by Crippen LogP contribution is -2.31. The molecule has 1 aliphatic rings. The minimum atomic E-state index is -3.52. The highest BCUT2D eigenvalue weighted by Crippen LogP contribution is 2.26. The summed E-state index contributed by atoms with van der Waals surface area (Å²) in [6.07, 6.45) is 4.96. The van der Waals surface area contributed by atoms with E-state index in [1.54, 1.807) is 30.6 Å². The molecule has 1 atom stereocenters. The number of pyridine rings is 2. The number of ether oxygens (including phenoxy) is 1. The van der Waals surface area contributed by atoms with Gasteiger partial charge < -0.3 is 4.74 Å². The minimum absolute atomic E-state index is 0.203. The van der Waals surface area contributed by atoms with Crippen molar-refractivity contribution in [3.05, 3.63) is 47.3 Å². The summed E-state index contributed by atoms with van der Waals surface area (Å²) in [5.74, 6) is 0.480. The van der Waals surface area contributed by atoms with Gasteiger partial charge in [-0.3, -0.25) is 4.98 Å². The van der Waals surface area contributed by atoms with E-state index in [2.05, 4.69) is 25.9 Å². The number of rotatable bonds is 4. The fourth-order valence-electron chi connectivity index (χ4n) is 2.28. The third kappa shape index (κ3) is 3.13. The molecule has 0 saturated carbocycles. The maximum Gasteiger partial charge on any atom is 0.244 e. The predicted octanol–water partition coefficient (Wildman–Crippen LogP) is 2.08. The Balaban J connectivity index is 1.72. The van der Waals surface area contributed by atoms with Crippen LogP contribution in [0.25, 0.3) is 0 Å². The number of aromatic nitrogens is 2. The summed E-state index contributed by atoms with van der Waals surface area (Å²) in [6, 6.07) is 6.79. The summed E-state index contributed by atoms with van der Waals surface area (Å²) in [4.78, 5) is 8.21. The third-order valence-electron chi connectivity index (χ3n) is 3.38. The molecule has 22 heavy (non-hydrogen) atoms. The first-order valence-electron chi connectivity index (χ1n) is 6.75. The highest BCUT2D eigenvalue weighted by atomic mass is 79.9. The molecule has 1 fully saturated rings. The summed E-state index contributed by atoms with van der Waals surface area (Å²) >= 11 is 3.37. The van der Waals surface area contributed by atoms with Crippen LogP contribution in [-0.4, -0.2) is 41.9 Å². The van der Waals surface area contributed by atoms with Crippen molar-refractivity contribution in [3.63, 3.8) is 0 Å². The van der Waals surface area contributed by atoms with Gasteiger partial charge in [-0.2, -0.15) is 4.31 Å². The Morgan fingerprint density at radius 3 is 2.82 bits per heavy atom. The van der Waals surface area contributed by atoms with Gasteiger partial charge >= 0.3 is 0 Å². The van der Waals surface area contributed by atoms with Crippen LogP contribution in [0.15, 0.2) is 52.2 Å². The molecule has 8 heteroatoms. The van der Waals surface area contributed by atoms with Gasteiger partial charge in [0.1, 0.15) is 11.0 Å². The molecule has 2 aromatic heterocycles. The van der Waals surface area contributed by atoms with Gasteiger partial charge in [0.25, 0.3) is 0 Å². The van der Waals surface area contributed by atoms with Crippen LogP contribution in [0, 0.1) is 0 Å². The van der Waals surface area contributed by atoms with Crippen LogP contribution < -0.4 is 4.74 Å². The second-order valence-electron chi connectivity index (χ2n) is 4.87. The SMILES string of the molecule is O=S(=O)(c1cccnc1)N1CCC(Oc2ncccc2Br)C1. The molecule has 0 spiro atoms. The molecule has 2 aromatic rings. The Hall–Kier alpha value is -1.51. The smallest absolute Gasteiger partial charge is 0.244 e. The maximum absolute atomic E-state index is 12.5. The van der Waals surface area contributed by atoms with Crippen molar-refractivity contribution in [1.29, 1.82) is 0 Å². The van der Waals surface area contributed by atoms with E-state index < -0.39 is 10.0 Å². The molecule has 3 heterocycles. The lowest BCUT2D eigenvalue weighted by atomic mass is 10.3. The van der Waals surface area contributed by atoms with E-state index in [1.165, 1.54) is 10.5 Å². The van der Waals surface area contributed by atoms with Gasteiger partial charge in [-0.15, -0.1) is 0 Å². The van der Waals surface area contributed by atoms with Crippen molar-refractivity contribution in [2.24, 2.45) is 0 Å². The monoisotopic (exact) mass is 383 g/mol. The molecule has 6 nitrogen and oxygen atoms in total. The highest BCUT2D eigenvalue weighted by molar-refractivity contribution is 9.10. The van der Waals surface area contributed by atoms with E-state index in [4.69, 9.17) is 4.74 Å². The lowest BCUT2D eigenvalue weighted by molar-refractivity contribution is 0.205. The van der Waals surface area contributed by atoms with Gasteiger partial charge in [-0.25, -0.2) is 13.4 Å². The summed E-state index contributed by atoms with van der Waals surface area (Å²) in [7, 11) is -3.52. The second kappa shape index (κ2) is 6.31. The van der Waals surface area contributed by atoms with Gasteiger partial charge in [0.15, 0.2) is 0 Å². The van der Waals surface area contributed by atoms with Crippen LogP contribution in [-0.2, 0) is 10.0 Å². The number of hydrogen-bond donors (Lipinski definition) is 0. The van der Waals surface area contributed by atoms with Crippen LogP contribution in [0.4, 0.5) is 0 Å². The molecular formula is C14H14BrN3O3S. The molecule has 0 aromatic carbocycles. The number of nitrogens with zero attached hydrogens (tertiary/aromatic N) is 3. The third-order valence-corrected chi connectivity index (χ3v) is 5.84. The topological polar surface area (TPSA) is 72.4 Å². The zero-order chi connectivity index (χ0) is 15.6. The largest absolute Gasteiger partial charge is 0.472 e. The molecule has 116 valence electrons. The quantitative estimate of drug-likeness (QED) is 0.807. The van der Waals surface area contributed by atoms with Crippen LogP contribution >= 0.6 is 15.9 Å². The molecular weight excluding hydrogens is 370 g/mol. The summed E-state index contributed by atoms with van der Waals surface area (Å²) < 4.78 is 33.0. The molecule has 1 aliphatic heterocycles. The Bertz CT molecular complexity index is 755. The molecule has 1 saturated heterocycles. The first-order chi connectivity index (χ1) is 10.6. The van der Waals surface area contributed by atoms with Crippen LogP contribution in [0.3, 0.4) is 0 Å². The number of hydrogen-bond acceptors (Lipinski definition) is 5. The van der Waals surface area contributed by atoms with E-state index in [1.807, 2.05) is 6.07 Å². The fourth-order valence-corrected chi connectivity index (χ4v) is 4.08. The van der Waals surface area contributed by atoms with Crippen LogP contribution in [0.5, 0.6) is 5.88 Å². The lowest BCUT2D eigenvalue weighted by Gasteiger charge is -2.17. The zero-order valence-electron chi connectivity index (χ0n) is 11.6. The van der Waals surface area contributed by atoms with E-state index in [0.29, 0.717) is 25.4 Å². The molecule has 1 unspecified atom stereocenters. The van der Waals surface area contributed by atoms with Crippen molar-refractivity contribution >= 4 is 26.0 Å². The van der Waals surface area contributed by atoms with Crippen LogP contribution in [0.1, 0.15) is 6.42 Å². The Labute approximate surface area is 137 Å². The van der Waals surface area contributed by atoms with Crippen molar-refractivity contribution in [1.82, 2.24) is 14.3 Å². The van der Waals surface area contributed by atoms with Crippen molar-refractivity contribution in [2.45, 2.75) is 17.4 Å². The first kappa shape index (κ1) is 15.4. The molecule has 3 rings (SSSR count). The van der Waals surface area contributed by atoms with E-state index in [0.717, 1.165) is 4.47 Å². The van der Waals surface area contributed by atoms with Gasteiger partial charge in [-0.1, -0.05) is 0 Å². The van der Waals surface area contributed by atoms with E-state index >= 15 is 0 Å². The van der Waals surface area contributed by atoms with E-state index in [9.17, 15) is 8.42 Å². The Morgan fingerprint density at radius 1 is 1.27 bits per heavy atom. The normalized spacial score (nSPS) is 19.2. The molecule has 0 N–H and O–H groups in total. The van der Waals surface area contributed by atoms with Crippen molar-refractivity contribution in [2.75, 3.05) is 13.1 Å². The van der Waals surface area contributed by atoms with Gasteiger partial charge in [0.05, 0.1) is 11.0 Å². The fraction of sp³-hybridized carbons (Fsp3) is 0.286. The Morgan fingerprint density at radius 2 is 2.09 bits per heavy atom. The average molecular weight is 384 g/mol. The molecule has 0 aliphatic carbocycles. The molecule has 0 radical (unpaired) electrons. The van der Waals surface area contributed by atoms with Crippen LogP contribution in [0.2, 0.25) is 0 Å². The maximum atomic E-state index is 12.5. The predicted molar refractivity (Wildman–Crippen MR) is 84.0 cm³/mol. The first-order valence-corrected chi connectivity index (χ1v) is 8.98. The average Bonchev–Trinajstić information content (AvgIpc) is 3.00.